The van der Waals surface area contributed by atoms with E-state index in [2.05, 4.69) is 15.3 Å². The molecule has 0 aliphatic carbocycles. The molecule has 0 amide bonds. The zero-order valence-corrected chi connectivity index (χ0v) is 7.25. The van der Waals surface area contributed by atoms with Crippen molar-refractivity contribution in [2.45, 2.75) is 0 Å². The van der Waals surface area contributed by atoms with E-state index in [1.807, 2.05) is 24.3 Å². The van der Waals surface area contributed by atoms with E-state index in [0.717, 1.165) is 16.6 Å². The van der Waals surface area contributed by atoms with Gasteiger partial charge in [-0.25, -0.2) is 4.52 Å². The highest BCUT2D eigenvalue weighted by atomic mass is 16.0. The molecule has 0 saturated heterocycles. The third-order valence-corrected chi connectivity index (χ3v) is 2.02. The van der Waals surface area contributed by atoms with Crippen LogP contribution in [-0.4, -0.2) is 25.3 Å². The molecule has 0 spiro atoms. The average molecular weight is 188 g/mol. The molecular weight excluding hydrogens is 180 g/mol. The van der Waals surface area contributed by atoms with Gasteiger partial charge in [0.1, 0.15) is 5.52 Å². The van der Waals surface area contributed by atoms with Crippen LogP contribution in [0.5, 0.6) is 0 Å². The van der Waals surface area contributed by atoms with E-state index >= 15 is 0 Å². The fourth-order valence-electron chi connectivity index (χ4n) is 1.41. The minimum absolute atomic E-state index is 0. The summed E-state index contributed by atoms with van der Waals surface area (Å²) in [4.78, 5) is 4.28. The van der Waals surface area contributed by atoms with Crippen molar-refractivity contribution in [3.8, 4) is 0 Å². The molecule has 1 aromatic carbocycles. The van der Waals surface area contributed by atoms with Gasteiger partial charge in [0.15, 0.2) is 0 Å². The molecule has 14 heavy (non-hydrogen) atoms. The van der Waals surface area contributed by atoms with E-state index in [4.69, 9.17) is 0 Å². The second-order valence-electron chi connectivity index (χ2n) is 2.82. The summed E-state index contributed by atoms with van der Waals surface area (Å²) in [5, 5.41) is 7.80. The summed E-state index contributed by atoms with van der Waals surface area (Å²) < 4.78 is 1.78. The van der Waals surface area contributed by atoms with Crippen molar-refractivity contribution in [3.63, 3.8) is 0 Å². The molecule has 2 aromatic heterocycles. The maximum atomic E-state index is 4.28. The minimum Gasteiger partial charge on any atom is -0.412 e. The van der Waals surface area contributed by atoms with Crippen LogP contribution in [-0.2, 0) is 0 Å². The van der Waals surface area contributed by atoms with Gasteiger partial charge in [0.05, 0.1) is 23.4 Å². The van der Waals surface area contributed by atoms with Gasteiger partial charge in [-0.1, -0.05) is 17.3 Å². The van der Waals surface area contributed by atoms with Crippen molar-refractivity contribution < 1.29 is 5.48 Å². The van der Waals surface area contributed by atoms with E-state index in [1.165, 1.54) is 0 Å². The Morgan fingerprint density at radius 3 is 2.86 bits per heavy atom. The number of hydrogen-bond acceptors (Lipinski definition) is 3. The van der Waals surface area contributed by atoms with Gasteiger partial charge in [-0.05, 0) is 12.1 Å². The molecule has 5 nitrogen and oxygen atoms in total. The number of fused-ring (bicyclic) bond motifs is 3. The Morgan fingerprint density at radius 2 is 1.93 bits per heavy atom. The molecule has 0 radical (unpaired) electrons. The highest BCUT2D eigenvalue weighted by molar-refractivity contribution is 5.76. The lowest BCUT2D eigenvalue weighted by molar-refractivity contribution is 0.824. The molecule has 70 valence electrons. The standard InChI is InChI=1S/C9H6N4.H2O/c1-2-4-9-8(3-1)10-5-7-6-11-12-13(7)9;/h1-6H;1H2. The van der Waals surface area contributed by atoms with Crippen LogP contribution in [0.25, 0.3) is 16.6 Å². The van der Waals surface area contributed by atoms with E-state index in [9.17, 15) is 0 Å². The van der Waals surface area contributed by atoms with Crippen LogP contribution in [0.3, 0.4) is 0 Å². The maximum Gasteiger partial charge on any atom is 0.106 e. The molecule has 0 fully saturated rings. The number of rotatable bonds is 0. The molecular formula is C9H8N4O. The second kappa shape index (κ2) is 3.04. The third kappa shape index (κ3) is 1.03. The minimum atomic E-state index is 0. The molecule has 0 bridgehead atoms. The summed E-state index contributed by atoms with van der Waals surface area (Å²) in [5.74, 6) is 0. The molecule has 3 aromatic rings. The monoisotopic (exact) mass is 188 g/mol. The van der Waals surface area contributed by atoms with Crippen LogP contribution >= 0.6 is 0 Å². The first kappa shape index (κ1) is 8.58. The van der Waals surface area contributed by atoms with E-state index < -0.39 is 0 Å². The van der Waals surface area contributed by atoms with Gasteiger partial charge in [0, 0.05) is 0 Å². The predicted octanol–water partition coefficient (Wildman–Crippen LogP) is 0.453. The van der Waals surface area contributed by atoms with Gasteiger partial charge in [0.25, 0.3) is 0 Å². The number of nitrogens with zero attached hydrogens (tertiary/aromatic N) is 4. The topological polar surface area (TPSA) is 74.6 Å². The summed E-state index contributed by atoms with van der Waals surface area (Å²) in [7, 11) is 0. The Labute approximate surface area is 79.3 Å². The van der Waals surface area contributed by atoms with E-state index in [-0.39, 0.29) is 5.48 Å². The van der Waals surface area contributed by atoms with Gasteiger partial charge in [-0.15, -0.1) is 5.10 Å². The summed E-state index contributed by atoms with van der Waals surface area (Å²) in [6.07, 6.45) is 3.46. The van der Waals surface area contributed by atoms with Crippen LogP contribution in [0.2, 0.25) is 0 Å². The predicted molar refractivity (Wildman–Crippen MR) is 51.9 cm³/mol. The fraction of sp³-hybridized carbons (Fsp3) is 0. The van der Waals surface area contributed by atoms with Gasteiger partial charge in [-0.3, -0.25) is 4.98 Å². The van der Waals surface area contributed by atoms with Crippen LogP contribution in [0.1, 0.15) is 0 Å². The van der Waals surface area contributed by atoms with Gasteiger partial charge in [-0.2, -0.15) is 0 Å². The van der Waals surface area contributed by atoms with Crippen molar-refractivity contribution in [2.24, 2.45) is 0 Å². The van der Waals surface area contributed by atoms with Gasteiger partial charge >= 0.3 is 0 Å². The highest BCUT2D eigenvalue weighted by Crippen LogP contribution is 2.11. The molecule has 0 saturated carbocycles. The van der Waals surface area contributed by atoms with Crippen molar-refractivity contribution in [2.75, 3.05) is 0 Å². The Kier molecular flexibility index (Phi) is 1.86. The SMILES string of the molecule is O.c1ccc2c(c1)ncc1cnnn12. The summed E-state index contributed by atoms with van der Waals surface area (Å²) in [6.45, 7) is 0. The zero-order valence-electron chi connectivity index (χ0n) is 7.25. The first-order valence-electron chi connectivity index (χ1n) is 3.99. The molecule has 2 N–H and O–H groups in total. The number of aromatic nitrogens is 4. The average Bonchev–Trinajstić information content (AvgIpc) is 2.65. The van der Waals surface area contributed by atoms with Crippen LogP contribution in [0.4, 0.5) is 0 Å². The smallest absolute Gasteiger partial charge is 0.106 e. The van der Waals surface area contributed by atoms with Crippen molar-refractivity contribution in [1.29, 1.82) is 0 Å². The van der Waals surface area contributed by atoms with Gasteiger partial charge < -0.3 is 5.48 Å². The molecule has 0 unspecified atom stereocenters. The molecule has 0 aliphatic rings. The van der Waals surface area contributed by atoms with Crippen molar-refractivity contribution in [3.05, 3.63) is 36.7 Å². The van der Waals surface area contributed by atoms with Crippen LogP contribution in [0, 0.1) is 0 Å². The number of benzene rings is 1. The summed E-state index contributed by atoms with van der Waals surface area (Å²) >= 11 is 0. The molecule has 3 rings (SSSR count). The van der Waals surface area contributed by atoms with Crippen LogP contribution in [0.15, 0.2) is 36.7 Å². The summed E-state index contributed by atoms with van der Waals surface area (Å²) in [5.41, 5.74) is 2.83. The van der Waals surface area contributed by atoms with Gasteiger partial charge in [0.2, 0.25) is 0 Å². The normalized spacial score (nSPS) is 10.3. The zero-order chi connectivity index (χ0) is 8.67. The van der Waals surface area contributed by atoms with Crippen molar-refractivity contribution >= 4 is 16.6 Å². The maximum absolute atomic E-state index is 4.28. The lowest BCUT2D eigenvalue weighted by Gasteiger charge is -1.97. The largest absolute Gasteiger partial charge is 0.412 e. The lowest BCUT2D eigenvalue weighted by atomic mass is 10.3. The first-order valence-corrected chi connectivity index (χ1v) is 3.99. The fourth-order valence-corrected chi connectivity index (χ4v) is 1.41. The molecule has 2 heterocycles. The number of para-hydroxylation sites is 2. The van der Waals surface area contributed by atoms with E-state index in [1.54, 1.807) is 16.9 Å². The Hall–Kier alpha value is -2.01. The highest BCUT2D eigenvalue weighted by Gasteiger charge is 2.00. The van der Waals surface area contributed by atoms with E-state index in [0.29, 0.717) is 0 Å². The second-order valence-corrected chi connectivity index (χ2v) is 2.82. The molecule has 0 aliphatic heterocycles. The number of hydrogen-bond donors (Lipinski definition) is 0. The molecule has 0 atom stereocenters. The first-order chi connectivity index (χ1) is 6.45. The molecule has 5 heteroatoms. The quantitative estimate of drug-likeness (QED) is 0.514. The lowest BCUT2D eigenvalue weighted by Crippen LogP contribution is -1.91. The van der Waals surface area contributed by atoms with Crippen molar-refractivity contribution in [1.82, 2.24) is 19.8 Å². The third-order valence-electron chi connectivity index (χ3n) is 2.02. The Morgan fingerprint density at radius 1 is 1.07 bits per heavy atom. The van der Waals surface area contributed by atoms with Crippen LogP contribution < -0.4 is 0 Å². The Balaban J connectivity index is 0.000000750. The summed E-state index contributed by atoms with van der Waals surface area (Å²) in [6, 6.07) is 7.85. The Bertz CT molecular complexity index is 575.